The Morgan fingerprint density at radius 1 is 1.00 bits per heavy atom. The van der Waals surface area contributed by atoms with Crippen molar-refractivity contribution < 1.29 is 14.3 Å². The van der Waals surface area contributed by atoms with Gasteiger partial charge in [-0.3, -0.25) is 4.79 Å². The van der Waals surface area contributed by atoms with Gasteiger partial charge >= 0.3 is 5.97 Å². The van der Waals surface area contributed by atoms with E-state index in [1.54, 1.807) is 18.4 Å². The van der Waals surface area contributed by atoms with Gasteiger partial charge in [0.25, 0.3) is 0 Å². The Balaban J connectivity index is 1.97. The molecule has 3 nitrogen and oxygen atoms in total. The summed E-state index contributed by atoms with van der Waals surface area (Å²) in [6.07, 6.45) is 0. The Morgan fingerprint density at radius 2 is 1.71 bits per heavy atom. The molecule has 3 aromatic rings. The number of esters is 1. The number of hydrogen-bond donors (Lipinski definition) is 0. The summed E-state index contributed by atoms with van der Waals surface area (Å²) in [6, 6.07) is 15.8. The molecule has 1 heterocycles. The lowest BCUT2D eigenvalue weighted by Gasteiger charge is -2.00. The third-order valence-electron chi connectivity index (χ3n) is 3.13. The van der Waals surface area contributed by atoms with Crippen LogP contribution in [0.1, 0.15) is 6.92 Å². The molecule has 0 bridgehead atoms. The number of rotatable bonds is 3. The molecule has 0 saturated heterocycles. The molecule has 4 heteroatoms. The number of fused-ring (bicyclic) bond motifs is 1. The smallest absolute Gasteiger partial charge is 0.308 e. The Morgan fingerprint density at radius 3 is 2.38 bits per heavy atom. The summed E-state index contributed by atoms with van der Waals surface area (Å²) in [6.45, 7) is 1.40. The largest absolute Gasteiger partial charge is 0.497 e. The summed E-state index contributed by atoms with van der Waals surface area (Å²) < 4.78 is 11.4. The maximum atomic E-state index is 11.0. The highest BCUT2D eigenvalue weighted by molar-refractivity contribution is 7.22. The van der Waals surface area contributed by atoms with E-state index < -0.39 is 0 Å². The zero-order valence-electron chi connectivity index (χ0n) is 11.8. The Hall–Kier alpha value is -2.33. The van der Waals surface area contributed by atoms with Crippen molar-refractivity contribution in [2.24, 2.45) is 0 Å². The second-order valence-electron chi connectivity index (χ2n) is 4.63. The summed E-state index contributed by atoms with van der Waals surface area (Å²) in [4.78, 5) is 12.2. The topological polar surface area (TPSA) is 35.5 Å². The maximum absolute atomic E-state index is 11.0. The molecule has 1 aromatic heterocycles. The van der Waals surface area contributed by atoms with Gasteiger partial charge in [-0.05, 0) is 59.5 Å². The molecule has 2 aromatic carbocycles. The van der Waals surface area contributed by atoms with Gasteiger partial charge in [-0.15, -0.1) is 11.3 Å². The molecule has 0 spiro atoms. The quantitative estimate of drug-likeness (QED) is 0.527. The minimum Gasteiger partial charge on any atom is -0.497 e. The summed E-state index contributed by atoms with van der Waals surface area (Å²) in [7, 11) is 1.66. The lowest BCUT2D eigenvalue weighted by atomic mass is 10.1. The molecule has 0 N–H and O–H groups in total. The summed E-state index contributed by atoms with van der Waals surface area (Å²) >= 11 is 1.67. The van der Waals surface area contributed by atoms with Crippen molar-refractivity contribution in [3.8, 4) is 21.9 Å². The van der Waals surface area contributed by atoms with Crippen molar-refractivity contribution >= 4 is 27.4 Å². The van der Waals surface area contributed by atoms with E-state index in [0.29, 0.717) is 5.75 Å². The Kier molecular flexibility index (Phi) is 3.62. The molecule has 0 aliphatic carbocycles. The van der Waals surface area contributed by atoms with Crippen molar-refractivity contribution in [1.82, 2.24) is 0 Å². The van der Waals surface area contributed by atoms with Gasteiger partial charge in [-0.1, -0.05) is 0 Å². The molecule has 0 unspecified atom stereocenters. The average molecular weight is 298 g/mol. The van der Waals surface area contributed by atoms with Crippen molar-refractivity contribution in [3.63, 3.8) is 0 Å². The van der Waals surface area contributed by atoms with Crippen LogP contribution < -0.4 is 9.47 Å². The van der Waals surface area contributed by atoms with Gasteiger partial charge in [-0.2, -0.15) is 0 Å². The predicted octanol–water partition coefficient (Wildman–Crippen LogP) is 4.50. The van der Waals surface area contributed by atoms with Gasteiger partial charge in [0.2, 0.25) is 0 Å². The highest BCUT2D eigenvalue weighted by atomic mass is 32.1. The lowest BCUT2D eigenvalue weighted by Crippen LogP contribution is -2.00. The minimum absolute atomic E-state index is 0.304. The van der Waals surface area contributed by atoms with Crippen LogP contribution in [-0.2, 0) is 4.79 Å². The molecule has 0 atom stereocenters. The normalized spacial score (nSPS) is 10.6. The van der Waals surface area contributed by atoms with Gasteiger partial charge in [0.1, 0.15) is 11.5 Å². The molecule has 0 aliphatic heterocycles. The van der Waals surface area contributed by atoms with E-state index in [1.807, 2.05) is 42.5 Å². The number of benzene rings is 2. The van der Waals surface area contributed by atoms with Gasteiger partial charge < -0.3 is 9.47 Å². The van der Waals surface area contributed by atoms with Gasteiger partial charge in [0.15, 0.2) is 0 Å². The van der Waals surface area contributed by atoms with Crippen LogP contribution in [0.2, 0.25) is 0 Å². The predicted molar refractivity (Wildman–Crippen MR) is 85.1 cm³/mol. The molecule has 0 radical (unpaired) electrons. The molecule has 106 valence electrons. The van der Waals surface area contributed by atoms with E-state index in [0.717, 1.165) is 21.4 Å². The summed E-state index contributed by atoms with van der Waals surface area (Å²) in [5, 5.41) is 1.14. The van der Waals surface area contributed by atoms with Crippen LogP contribution in [0, 0.1) is 0 Å². The fourth-order valence-corrected chi connectivity index (χ4v) is 3.24. The Bertz CT molecular complexity index is 787. The minimum atomic E-state index is -0.304. The summed E-state index contributed by atoms with van der Waals surface area (Å²) in [5.74, 6) is 1.12. The molecule has 21 heavy (non-hydrogen) atoms. The van der Waals surface area contributed by atoms with Crippen molar-refractivity contribution in [2.45, 2.75) is 6.92 Å². The average Bonchev–Trinajstić information content (AvgIpc) is 2.90. The monoisotopic (exact) mass is 298 g/mol. The van der Waals surface area contributed by atoms with Crippen LogP contribution in [0.3, 0.4) is 0 Å². The number of ether oxygens (including phenoxy) is 2. The Labute approximate surface area is 126 Å². The van der Waals surface area contributed by atoms with Crippen LogP contribution in [0.4, 0.5) is 0 Å². The van der Waals surface area contributed by atoms with E-state index in [9.17, 15) is 4.79 Å². The molecular weight excluding hydrogens is 284 g/mol. The van der Waals surface area contributed by atoms with Crippen LogP contribution >= 0.6 is 11.3 Å². The molecule has 3 rings (SSSR count). The highest BCUT2D eigenvalue weighted by Crippen LogP contribution is 2.35. The molecule has 0 saturated carbocycles. The van der Waals surface area contributed by atoms with E-state index in [-0.39, 0.29) is 5.97 Å². The van der Waals surface area contributed by atoms with Crippen molar-refractivity contribution in [1.29, 1.82) is 0 Å². The molecule has 0 fully saturated rings. The van der Waals surface area contributed by atoms with E-state index in [2.05, 4.69) is 6.07 Å². The van der Waals surface area contributed by atoms with Crippen LogP contribution in [0.15, 0.2) is 48.5 Å². The van der Waals surface area contributed by atoms with E-state index in [1.165, 1.54) is 11.8 Å². The number of hydrogen-bond acceptors (Lipinski definition) is 4. The zero-order chi connectivity index (χ0) is 14.8. The third kappa shape index (κ3) is 2.90. The number of methoxy groups -OCH3 is 1. The first kappa shape index (κ1) is 13.6. The maximum Gasteiger partial charge on any atom is 0.308 e. The second kappa shape index (κ2) is 5.58. The highest BCUT2D eigenvalue weighted by Gasteiger charge is 2.07. The van der Waals surface area contributed by atoms with Crippen LogP contribution in [0.5, 0.6) is 11.5 Å². The first-order chi connectivity index (χ1) is 10.2. The van der Waals surface area contributed by atoms with E-state index >= 15 is 0 Å². The molecule has 0 amide bonds. The SMILES string of the molecule is COc1ccc(-c2cc3ccc(OC(C)=O)cc3s2)cc1. The number of thiophene rings is 1. The van der Waals surface area contributed by atoms with Crippen LogP contribution in [-0.4, -0.2) is 13.1 Å². The van der Waals surface area contributed by atoms with Gasteiger partial charge in [-0.25, -0.2) is 0 Å². The number of carbonyl (C=O) groups is 1. The van der Waals surface area contributed by atoms with Gasteiger partial charge in [0, 0.05) is 16.5 Å². The van der Waals surface area contributed by atoms with Crippen molar-refractivity contribution in [3.05, 3.63) is 48.5 Å². The fourth-order valence-electron chi connectivity index (χ4n) is 2.14. The van der Waals surface area contributed by atoms with Crippen molar-refractivity contribution in [2.75, 3.05) is 7.11 Å². The van der Waals surface area contributed by atoms with Crippen LogP contribution in [0.25, 0.3) is 20.5 Å². The van der Waals surface area contributed by atoms with E-state index in [4.69, 9.17) is 9.47 Å². The first-order valence-corrected chi connectivity index (χ1v) is 7.34. The first-order valence-electron chi connectivity index (χ1n) is 6.52. The zero-order valence-corrected chi connectivity index (χ0v) is 12.6. The van der Waals surface area contributed by atoms with Gasteiger partial charge in [0.05, 0.1) is 7.11 Å². The standard InChI is InChI=1S/C17H14O3S/c1-11(18)20-15-8-5-13-9-16(21-17(13)10-15)12-3-6-14(19-2)7-4-12/h3-10H,1-2H3. The molecular formula is C17H14O3S. The lowest BCUT2D eigenvalue weighted by molar-refractivity contribution is -0.131. The second-order valence-corrected chi connectivity index (χ2v) is 5.72. The summed E-state index contributed by atoms with van der Waals surface area (Å²) in [5.41, 5.74) is 1.14. The third-order valence-corrected chi connectivity index (χ3v) is 4.27. The fraction of sp³-hybridized carbons (Fsp3) is 0.118. The number of carbonyl (C=O) groups excluding carboxylic acids is 1. The molecule has 0 aliphatic rings.